The van der Waals surface area contributed by atoms with Crippen molar-refractivity contribution in [1.29, 1.82) is 0 Å². The summed E-state index contributed by atoms with van der Waals surface area (Å²) in [5.41, 5.74) is 0.796. The first-order valence-corrected chi connectivity index (χ1v) is 6.04. The van der Waals surface area contributed by atoms with Crippen LogP contribution in [0.25, 0.3) is 0 Å². The molecule has 0 aliphatic rings. The van der Waals surface area contributed by atoms with Gasteiger partial charge in [0.25, 0.3) is 0 Å². The SMILES string of the molecule is CNc1nc(Oc2cc(F)ccc2C)nc(N(C)C)n1. The van der Waals surface area contributed by atoms with E-state index in [0.29, 0.717) is 17.6 Å². The van der Waals surface area contributed by atoms with E-state index in [9.17, 15) is 4.39 Å². The van der Waals surface area contributed by atoms with Gasteiger partial charge >= 0.3 is 6.01 Å². The highest BCUT2D eigenvalue weighted by Crippen LogP contribution is 2.24. The second-order valence-electron chi connectivity index (χ2n) is 4.40. The maximum atomic E-state index is 13.2. The quantitative estimate of drug-likeness (QED) is 0.924. The molecule has 20 heavy (non-hydrogen) atoms. The first-order valence-electron chi connectivity index (χ1n) is 6.04. The zero-order valence-electron chi connectivity index (χ0n) is 11.8. The van der Waals surface area contributed by atoms with Gasteiger partial charge in [0, 0.05) is 27.2 Å². The number of rotatable bonds is 4. The van der Waals surface area contributed by atoms with E-state index in [0.717, 1.165) is 5.56 Å². The molecule has 0 amide bonds. The van der Waals surface area contributed by atoms with Crippen molar-refractivity contribution in [2.75, 3.05) is 31.4 Å². The number of hydrogen-bond donors (Lipinski definition) is 1. The number of nitrogens with zero attached hydrogens (tertiary/aromatic N) is 4. The normalized spacial score (nSPS) is 10.2. The number of nitrogens with one attached hydrogen (secondary N) is 1. The third kappa shape index (κ3) is 3.11. The molecule has 1 N–H and O–H groups in total. The third-order valence-electron chi connectivity index (χ3n) is 2.58. The topological polar surface area (TPSA) is 63.2 Å². The van der Waals surface area contributed by atoms with Gasteiger partial charge in [0.15, 0.2) is 0 Å². The van der Waals surface area contributed by atoms with E-state index in [2.05, 4.69) is 20.3 Å². The van der Waals surface area contributed by atoms with Crippen LogP contribution in [0.15, 0.2) is 18.2 Å². The maximum absolute atomic E-state index is 13.2. The van der Waals surface area contributed by atoms with Crippen LogP contribution in [0.3, 0.4) is 0 Å². The number of hydrogen-bond acceptors (Lipinski definition) is 6. The van der Waals surface area contributed by atoms with Crippen LogP contribution < -0.4 is 15.0 Å². The maximum Gasteiger partial charge on any atom is 0.328 e. The Morgan fingerprint density at radius 2 is 1.95 bits per heavy atom. The number of halogens is 1. The van der Waals surface area contributed by atoms with Crippen LogP contribution in [0.4, 0.5) is 16.3 Å². The van der Waals surface area contributed by atoms with Crippen molar-refractivity contribution >= 4 is 11.9 Å². The predicted molar refractivity (Wildman–Crippen MR) is 74.9 cm³/mol. The van der Waals surface area contributed by atoms with Gasteiger partial charge in [-0.25, -0.2) is 4.39 Å². The number of benzene rings is 1. The molecule has 0 aliphatic heterocycles. The molecule has 1 aromatic heterocycles. The number of aromatic nitrogens is 3. The van der Waals surface area contributed by atoms with Gasteiger partial charge in [0.05, 0.1) is 0 Å². The standard InChI is InChI=1S/C13H16FN5O/c1-8-5-6-9(14)7-10(8)20-13-17-11(15-2)16-12(18-13)19(3)4/h5-7H,1-4H3,(H,15,16,17,18). The molecule has 0 aliphatic carbocycles. The highest BCUT2D eigenvalue weighted by Gasteiger charge is 2.11. The van der Waals surface area contributed by atoms with Crippen LogP contribution in [0.2, 0.25) is 0 Å². The van der Waals surface area contributed by atoms with Crippen molar-refractivity contribution in [2.24, 2.45) is 0 Å². The highest BCUT2D eigenvalue weighted by atomic mass is 19.1. The Labute approximate surface area is 116 Å². The summed E-state index contributed by atoms with van der Waals surface area (Å²) in [5, 5.41) is 2.83. The van der Waals surface area contributed by atoms with E-state index >= 15 is 0 Å². The molecular formula is C13H16FN5O. The van der Waals surface area contributed by atoms with Crippen LogP contribution in [-0.2, 0) is 0 Å². The van der Waals surface area contributed by atoms with Crippen molar-refractivity contribution < 1.29 is 9.13 Å². The van der Waals surface area contributed by atoms with Crippen LogP contribution in [-0.4, -0.2) is 36.1 Å². The summed E-state index contributed by atoms with van der Waals surface area (Å²) >= 11 is 0. The summed E-state index contributed by atoms with van der Waals surface area (Å²) in [7, 11) is 5.32. The smallest absolute Gasteiger partial charge is 0.328 e. The third-order valence-corrected chi connectivity index (χ3v) is 2.58. The van der Waals surface area contributed by atoms with Gasteiger partial charge in [0.2, 0.25) is 11.9 Å². The van der Waals surface area contributed by atoms with Crippen molar-refractivity contribution in [1.82, 2.24) is 15.0 Å². The number of aryl methyl sites for hydroxylation is 1. The van der Waals surface area contributed by atoms with Gasteiger partial charge in [-0.2, -0.15) is 15.0 Å². The molecule has 0 fully saturated rings. The lowest BCUT2D eigenvalue weighted by molar-refractivity contribution is 0.433. The van der Waals surface area contributed by atoms with Crippen LogP contribution >= 0.6 is 0 Å². The summed E-state index contributed by atoms with van der Waals surface area (Å²) in [4.78, 5) is 14.2. The fourth-order valence-corrected chi connectivity index (χ4v) is 1.49. The van der Waals surface area contributed by atoms with Crippen molar-refractivity contribution in [2.45, 2.75) is 6.92 Å². The Bertz CT molecular complexity index is 618. The average Bonchev–Trinajstić information content (AvgIpc) is 2.42. The second-order valence-corrected chi connectivity index (χ2v) is 4.40. The molecule has 0 radical (unpaired) electrons. The van der Waals surface area contributed by atoms with E-state index in [1.165, 1.54) is 12.1 Å². The van der Waals surface area contributed by atoms with E-state index in [4.69, 9.17) is 4.74 Å². The molecule has 0 saturated carbocycles. The Morgan fingerprint density at radius 3 is 2.60 bits per heavy atom. The molecule has 0 saturated heterocycles. The zero-order chi connectivity index (χ0) is 14.7. The van der Waals surface area contributed by atoms with Gasteiger partial charge in [0.1, 0.15) is 11.6 Å². The molecular weight excluding hydrogens is 261 g/mol. The second kappa shape index (κ2) is 5.68. The van der Waals surface area contributed by atoms with Gasteiger partial charge in [-0.3, -0.25) is 0 Å². The molecule has 0 bridgehead atoms. The van der Waals surface area contributed by atoms with E-state index in [1.807, 2.05) is 21.0 Å². The van der Waals surface area contributed by atoms with Crippen LogP contribution in [0.1, 0.15) is 5.56 Å². The van der Waals surface area contributed by atoms with Gasteiger partial charge in [-0.05, 0) is 18.6 Å². The largest absolute Gasteiger partial charge is 0.424 e. The molecule has 106 valence electrons. The summed E-state index contributed by atoms with van der Waals surface area (Å²) in [5.74, 6) is 0.838. The first kappa shape index (κ1) is 14.0. The number of ether oxygens (including phenoxy) is 1. The lowest BCUT2D eigenvalue weighted by atomic mass is 10.2. The molecule has 2 rings (SSSR count). The average molecular weight is 277 g/mol. The molecule has 0 spiro atoms. The van der Waals surface area contributed by atoms with Crippen molar-refractivity contribution in [3.05, 3.63) is 29.6 Å². The lowest BCUT2D eigenvalue weighted by Gasteiger charge is -2.13. The van der Waals surface area contributed by atoms with Crippen LogP contribution in [0, 0.1) is 12.7 Å². The molecule has 2 aromatic rings. The number of anilines is 2. The summed E-state index contributed by atoms with van der Waals surface area (Å²) in [6.07, 6.45) is 0. The molecule has 6 nitrogen and oxygen atoms in total. The molecule has 1 heterocycles. The van der Waals surface area contributed by atoms with Crippen molar-refractivity contribution in [3.63, 3.8) is 0 Å². The Balaban J connectivity index is 2.37. The van der Waals surface area contributed by atoms with E-state index < -0.39 is 0 Å². The minimum atomic E-state index is -0.374. The van der Waals surface area contributed by atoms with Crippen molar-refractivity contribution in [3.8, 4) is 11.8 Å². The van der Waals surface area contributed by atoms with Gasteiger partial charge < -0.3 is 15.0 Å². The summed E-state index contributed by atoms with van der Waals surface area (Å²) in [6, 6.07) is 4.42. The van der Waals surface area contributed by atoms with Crippen LogP contribution in [0.5, 0.6) is 11.8 Å². The Hall–Kier alpha value is -2.44. The van der Waals surface area contributed by atoms with Gasteiger partial charge in [-0.15, -0.1) is 0 Å². The van der Waals surface area contributed by atoms with E-state index in [-0.39, 0.29) is 11.8 Å². The highest BCUT2D eigenvalue weighted by molar-refractivity contribution is 5.39. The molecule has 0 atom stereocenters. The monoisotopic (exact) mass is 277 g/mol. The molecule has 0 unspecified atom stereocenters. The Kier molecular flexibility index (Phi) is 3.97. The summed E-state index contributed by atoms with van der Waals surface area (Å²) in [6.45, 7) is 1.82. The van der Waals surface area contributed by atoms with E-state index in [1.54, 1.807) is 18.0 Å². The van der Waals surface area contributed by atoms with Gasteiger partial charge in [-0.1, -0.05) is 6.07 Å². The first-order chi connectivity index (χ1) is 9.49. The lowest BCUT2D eigenvalue weighted by Crippen LogP contribution is -2.15. The summed E-state index contributed by atoms with van der Waals surface area (Å²) < 4.78 is 18.8. The fourth-order valence-electron chi connectivity index (χ4n) is 1.49. The Morgan fingerprint density at radius 1 is 1.20 bits per heavy atom. The molecule has 7 heteroatoms. The minimum absolute atomic E-state index is 0.113. The zero-order valence-corrected chi connectivity index (χ0v) is 11.8. The minimum Gasteiger partial charge on any atom is -0.424 e. The fraction of sp³-hybridized carbons (Fsp3) is 0.308. The predicted octanol–water partition coefficient (Wildman–Crippen LogP) is 2.22. The molecule has 1 aromatic carbocycles.